The largest absolute Gasteiger partial charge is 0.287 e. The highest BCUT2D eigenvalue weighted by atomic mass is 35.5. The van der Waals surface area contributed by atoms with E-state index in [4.69, 9.17) is 28.5 Å². The van der Waals surface area contributed by atoms with Crippen molar-refractivity contribution in [2.24, 2.45) is 0 Å². The number of imidazole rings is 1. The van der Waals surface area contributed by atoms with E-state index in [9.17, 15) is 0 Å². The van der Waals surface area contributed by atoms with Gasteiger partial charge in [-0.3, -0.25) is 4.57 Å². The third-order valence-corrected chi connectivity index (χ3v) is 5.06. The molecule has 2 aromatic carbocycles. The average Bonchev–Trinajstić information content (AvgIpc) is 3.00. The Kier molecular flexibility index (Phi) is 5.15. The van der Waals surface area contributed by atoms with Gasteiger partial charge in [-0.2, -0.15) is 5.26 Å². The quantitative estimate of drug-likeness (QED) is 0.545. The predicted molar refractivity (Wildman–Crippen MR) is 100 cm³/mol. The maximum Gasteiger partial charge on any atom is 0.174 e. The van der Waals surface area contributed by atoms with Gasteiger partial charge in [0.05, 0.1) is 33.8 Å². The number of aromatic nitrogens is 2. The van der Waals surface area contributed by atoms with Crippen LogP contribution < -0.4 is 0 Å². The molecule has 6 heteroatoms. The zero-order valence-electron chi connectivity index (χ0n) is 12.8. The highest BCUT2D eigenvalue weighted by Gasteiger charge is 2.15. The Balaban J connectivity index is 2.15. The van der Waals surface area contributed by atoms with Crippen LogP contribution >= 0.6 is 35.0 Å². The molecule has 0 atom stereocenters. The fraction of sp³-hybridized carbons (Fsp3) is 0.111. The number of thioether (sulfide) groups is 1. The van der Waals surface area contributed by atoms with Crippen molar-refractivity contribution in [3.63, 3.8) is 0 Å². The van der Waals surface area contributed by atoms with E-state index in [-0.39, 0.29) is 0 Å². The topological polar surface area (TPSA) is 41.6 Å². The van der Waals surface area contributed by atoms with Gasteiger partial charge in [0.2, 0.25) is 0 Å². The van der Waals surface area contributed by atoms with Crippen molar-refractivity contribution >= 4 is 35.0 Å². The first-order valence-corrected chi connectivity index (χ1v) is 8.94. The van der Waals surface area contributed by atoms with Crippen molar-refractivity contribution < 1.29 is 0 Å². The zero-order valence-corrected chi connectivity index (χ0v) is 15.2. The summed E-state index contributed by atoms with van der Waals surface area (Å²) in [5.74, 6) is 0.337. The molecule has 24 heavy (non-hydrogen) atoms. The van der Waals surface area contributed by atoms with E-state index in [2.05, 4.69) is 11.1 Å². The number of aryl methyl sites for hydroxylation is 1. The SMILES string of the molecule is Cc1ccc(-n2c(-c3ccc(Cl)c(Cl)c3)cnc2SCC#N)cc1. The van der Waals surface area contributed by atoms with E-state index in [1.54, 1.807) is 12.3 Å². The standard InChI is InChI=1S/C18H13Cl2N3S/c1-12-2-5-14(6-3-12)23-17(11-22-18(23)24-9-8-21)13-4-7-15(19)16(20)10-13/h2-7,10-11H,9H2,1H3. The van der Waals surface area contributed by atoms with Gasteiger partial charge in [0.1, 0.15) is 0 Å². The number of hydrogen-bond acceptors (Lipinski definition) is 3. The summed E-state index contributed by atoms with van der Waals surface area (Å²) >= 11 is 13.6. The lowest BCUT2D eigenvalue weighted by Gasteiger charge is -2.12. The third-order valence-electron chi connectivity index (χ3n) is 3.50. The second-order valence-corrected chi connectivity index (χ2v) is 6.93. The van der Waals surface area contributed by atoms with Gasteiger partial charge in [-0.15, -0.1) is 0 Å². The van der Waals surface area contributed by atoms with Gasteiger partial charge in [-0.25, -0.2) is 4.98 Å². The van der Waals surface area contributed by atoms with Crippen LogP contribution in [-0.2, 0) is 0 Å². The predicted octanol–water partition coefficient (Wildman–Crippen LogP) is 5.77. The minimum Gasteiger partial charge on any atom is -0.287 e. The fourth-order valence-electron chi connectivity index (χ4n) is 2.34. The van der Waals surface area contributed by atoms with E-state index in [1.165, 1.54) is 17.3 Å². The Labute approximate surface area is 154 Å². The molecule has 0 aliphatic heterocycles. The van der Waals surface area contributed by atoms with Crippen LogP contribution in [-0.4, -0.2) is 15.3 Å². The smallest absolute Gasteiger partial charge is 0.174 e. The summed E-state index contributed by atoms with van der Waals surface area (Å²) < 4.78 is 2.03. The first-order valence-electron chi connectivity index (χ1n) is 7.20. The molecule has 1 heterocycles. The van der Waals surface area contributed by atoms with Gasteiger partial charge in [0.15, 0.2) is 5.16 Å². The Morgan fingerprint density at radius 3 is 2.54 bits per heavy atom. The van der Waals surface area contributed by atoms with Crippen molar-refractivity contribution in [3.8, 4) is 23.0 Å². The van der Waals surface area contributed by atoms with Crippen LogP contribution in [0.4, 0.5) is 0 Å². The molecule has 0 N–H and O–H groups in total. The van der Waals surface area contributed by atoms with Crippen LogP contribution in [0.2, 0.25) is 10.0 Å². The maximum atomic E-state index is 8.88. The maximum absolute atomic E-state index is 8.88. The lowest BCUT2D eigenvalue weighted by molar-refractivity contribution is 0.901. The fourth-order valence-corrected chi connectivity index (χ4v) is 3.29. The number of halogens is 2. The molecular formula is C18H13Cl2N3S. The first kappa shape index (κ1) is 16.9. The molecule has 1 aromatic heterocycles. The molecule has 0 spiro atoms. The van der Waals surface area contributed by atoms with Crippen molar-refractivity contribution in [2.45, 2.75) is 12.1 Å². The normalized spacial score (nSPS) is 10.6. The van der Waals surface area contributed by atoms with Crippen LogP contribution in [0.15, 0.2) is 53.8 Å². The molecule has 0 aliphatic rings. The van der Waals surface area contributed by atoms with Crippen LogP contribution in [0.1, 0.15) is 5.56 Å². The zero-order chi connectivity index (χ0) is 17.1. The molecular weight excluding hydrogens is 361 g/mol. The Hall–Kier alpha value is -1.93. The molecule has 0 fully saturated rings. The highest BCUT2D eigenvalue weighted by molar-refractivity contribution is 7.99. The summed E-state index contributed by atoms with van der Waals surface area (Å²) in [4.78, 5) is 4.48. The summed E-state index contributed by atoms with van der Waals surface area (Å²) in [6.07, 6.45) is 1.79. The lowest BCUT2D eigenvalue weighted by atomic mass is 10.1. The number of nitrogens with zero attached hydrogens (tertiary/aromatic N) is 3. The highest BCUT2D eigenvalue weighted by Crippen LogP contribution is 2.33. The molecule has 0 saturated heterocycles. The monoisotopic (exact) mass is 373 g/mol. The van der Waals surface area contributed by atoms with Gasteiger partial charge in [-0.05, 0) is 31.2 Å². The van der Waals surface area contributed by atoms with Gasteiger partial charge < -0.3 is 0 Å². The van der Waals surface area contributed by atoms with E-state index >= 15 is 0 Å². The first-order chi connectivity index (χ1) is 11.6. The Bertz CT molecular complexity index is 911. The van der Waals surface area contributed by atoms with Crippen molar-refractivity contribution in [2.75, 3.05) is 5.75 Å². The summed E-state index contributed by atoms with van der Waals surface area (Å²) in [5, 5.41) is 10.7. The molecule has 0 amide bonds. The minimum absolute atomic E-state index is 0.337. The van der Waals surface area contributed by atoms with E-state index in [0.717, 1.165) is 22.1 Å². The third kappa shape index (κ3) is 3.44. The van der Waals surface area contributed by atoms with Crippen LogP contribution in [0, 0.1) is 18.3 Å². The number of benzene rings is 2. The molecule has 3 aromatic rings. The number of nitriles is 1. The molecule has 3 nitrogen and oxygen atoms in total. The molecule has 0 saturated carbocycles. The molecule has 0 unspecified atom stereocenters. The van der Waals surface area contributed by atoms with Gasteiger partial charge in [0, 0.05) is 11.3 Å². The summed E-state index contributed by atoms with van der Waals surface area (Å²) in [7, 11) is 0. The molecule has 0 aliphatic carbocycles. The van der Waals surface area contributed by atoms with Gasteiger partial charge in [0.25, 0.3) is 0 Å². The average molecular weight is 374 g/mol. The van der Waals surface area contributed by atoms with Crippen molar-refractivity contribution in [1.82, 2.24) is 9.55 Å². The van der Waals surface area contributed by atoms with Crippen molar-refractivity contribution in [3.05, 3.63) is 64.3 Å². The van der Waals surface area contributed by atoms with E-state index < -0.39 is 0 Å². The summed E-state index contributed by atoms with van der Waals surface area (Å²) in [6.45, 7) is 2.04. The van der Waals surface area contributed by atoms with Gasteiger partial charge >= 0.3 is 0 Å². The second-order valence-electron chi connectivity index (χ2n) is 5.17. The van der Waals surface area contributed by atoms with Crippen molar-refractivity contribution in [1.29, 1.82) is 5.26 Å². The number of hydrogen-bond donors (Lipinski definition) is 0. The van der Waals surface area contributed by atoms with E-state index in [1.807, 2.05) is 47.9 Å². The second kappa shape index (κ2) is 7.31. The Morgan fingerprint density at radius 1 is 1.12 bits per heavy atom. The molecule has 0 bridgehead atoms. The minimum atomic E-state index is 0.337. The molecule has 120 valence electrons. The van der Waals surface area contributed by atoms with E-state index in [0.29, 0.717) is 15.8 Å². The van der Waals surface area contributed by atoms with Crippen LogP contribution in [0.5, 0.6) is 0 Å². The lowest BCUT2D eigenvalue weighted by Crippen LogP contribution is -1.99. The summed E-state index contributed by atoms with van der Waals surface area (Å²) in [5.41, 5.74) is 3.99. The van der Waals surface area contributed by atoms with Gasteiger partial charge in [-0.1, -0.05) is 58.7 Å². The molecule has 0 radical (unpaired) electrons. The Morgan fingerprint density at radius 2 is 1.88 bits per heavy atom. The van der Waals surface area contributed by atoms with Crippen LogP contribution in [0.3, 0.4) is 0 Å². The summed E-state index contributed by atoms with van der Waals surface area (Å²) in [6, 6.07) is 15.8. The van der Waals surface area contributed by atoms with Crippen LogP contribution in [0.25, 0.3) is 16.9 Å². The molecule has 3 rings (SSSR count). The number of rotatable bonds is 4.